The molecular formula is C15H24O4. The third-order valence-corrected chi connectivity index (χ3v) is 2.84. The maximum Gasteiger partial charge on any atom is 0.333 e. The third kappa shape index (κ3) is 7.44. The molecule has 0 saturated heterocycles. The molecule has 0 spiro atoms. The Labute approximate surface area is 115 Å². The number of hydrogen-bond donors (Lipinski definition) is 0. The Kier molecular flexibility index (Phi) is 7.80. The molecule has 0 fully saturated rings. The van der Waals surface area contributed by atoms with Crippen LogP contribution >= 0.6 is 0 Å². The van der Waals surface area contributed by atoms with Gasteiger partial charge in [0, 0.05) is 25.5 Å². The van der Waals surface area contributed by atoms with E-state index in [9.17, 15) is 9.59 Å². The molecule has 0 aliphatic rings. The van der Waals surface area contributed by atoms with E-state index in [2.05, 4.69) is 27.0 Å². The summed E-state index contributed by atoms with van der Waals surface area (Å²) < 4.78 is 10.3. The zero-order chi connectivity index (χ0) is 14.9. The van der Waals surface area contributed by atoms with Crippen molar-refractivity contribution in [1.82, 2.24) is 0 Å². The van der Waals surface area contributed by atoms with Crippen LogP contribution in [0.2, 0.25) is 0 Å². The summed E-state index contributed by atoms with van der Waals surface area (Å²) in [5.74, 6) is -2.00. The van der Waals surface area contributed by atoms with Gasteiger partial charge in [-0.2, -0.15) is 0 Å². The number of carbonyl (C=O) groups excluding carboxylic acids is 2. The monoisotopic (exact) mass is 268 g/mol. The van der Waals surface area contributed by atoms with Crippen molar-refractivity contribution in [2.24, 2.45) is 5.92 Å². The van der Waals surface area contributed by atoms with E-state index in [0.29, 0.717) is 12.3 Å². The molecule has 0 aromatic carbocycles. The van der Waals surface area contributed by atoms with Crippen LogP contribution in [0.3, 0.4) is 0 Å². The first-order valence-electron chi connectivity index (χ1n) is 6.57. The Hall–Kier alpha value is -1.58. The van der Waals surface area contributed by atoms with Crippen molar-refractivity contribution in [2.45, 2.75) is 52.2 Å². The van der Waals surface area contributed by atoms with Crippen LogP contribution in [0.25, 0.3) is 0 Å². The van der Waals surface area contributed by atoms with E-state index < -0.39 is 17.7 Å². The molecule has 0 aromatic heterocycles. The molecule has 4 heteroatoms. The van der Waals surface area contributed by atoms with Crippen LogP contribution in [0.5, 0.6) is 0 Å². The molecule has 0 N–H and O–H groups in total. The molecule has 108 valence electrons. The first kappa shape index (κ1) is 17.4. The molecule has 1 atom stereocenters. The normalized spacial score (nSPS) is 12.4. The predicted molar refractivity (Wildman–Crippen MR) is 74.3 cm³/mol. The van der Waals surface area contributed by atoms with Gasteiger partial charge in [0.1, 0.15) is 0 Å². The van der Waals surface area contributed by atoms with Gasteiger partial charge in [-0.05, 0) is 12.3 Å². The van der Waals surface area contributed by atoms with Crippen LogP contribution in [0, 0.1) is 5.92 Å². The smallest absolute Gasteiger partial charge is 0.333 e. The highest BCUT2D eigenvalue weighted by Gasteiger charge is 2.32. The van der Waals surface area contributed by atoms with Crippen molar-refractivity contribution in [3.05, 3.63) is 25.3 Å². The van der Waals surface area contributed by atoms with Crippen molar-refractivity contribution in [3.63, 3.8) is 0 Å². The van der Waals surface area contributed by atoms with Gasteiger partial charge in [-0.15, -0.1) is 0 Å². The molecule has 4 nitrogen and oxygen atoms in total. The van der Waals surface area contributed by atoms with E-state index in [1.807, 2.05) is 0 Å². The van der Waals surface area contributed by atoms with E-state index in [-0.39, 0.29) is 0 Å². The summed E-state index contributed by atoms with van der Waals surface area (Å²) in [5, 5.41) is 0. The van der Waals surface area contributed by atoms with E-state index in [1.54, 1.807) is 6.92 Å². The summed E-state index contributed by atoms with van der Waals surface area (Å²) in [6, 6.07) is 0. The maximum absolute atomic E-state index is 11.3. The number of carbonyl (C=O) groups is 2. The van der Waals surface area contributed by atoms with Crippen LogP contribution in [0.15, 0.2) is 25.3 Å². The van der Waals surface area contributed by atoms with Crippen molar-refractivity contribution < 1.29 is 19.1 Å². The molecule has 0 saturated carbocycles. The lowest BCUT2D eigenvalue weighted by atomic mass is 9.97. The minimum absolute atomic E-state index is 0.452. The lowest BCUT2D eigenvalue weighted by molar-refractivity contribution is -0.218. The summed E-state index contributed by atoms with van der Waals surface area (Å²) in [4.78, 5) is 22.6. The van der Waals surface area contributed by atoms with E-state index in [4.69, 9.17) is 9.47 Å². The van der Waals surface area contributed by atoms with Gasteiger partial charge >= 0.3 is 11.9 Å². The summed E-state index contributed by atoms with van der Waals surface area (Å²) in [7, 11) is 0. The molecule has 19 heavy (non-hydrogen) atoms. The fourth-order valence-electron chi connectivity index (χ4n) is 1.78. The van der Waals surface area contributed by atoms with Gasteiger partial charge in [-0.25, -0.2) is 9.59 Å². The van der Waals surface area contributed by atoms with Crippen LogP contribution in [-0.2, 0) is 19.1 Å². The van der Waals surface area contributed by atoms with E-state index in [1.165, 1.54) is 0 Å². The molecule has 0 aromatic rings. The Morgan fingerprint density at radius 2 is 1.63 bits per heavy atom. The highest BCUT2D eigenvalue weighted by Crippen LogP contribution is 2.25. The van der Waals surface area contributed by atoms with Crippen molar-refractivity contribution >= 4 is 11.9 Å². The maximum atomic E-state index is 11.3. The third-order valence-electron chi connectivity index (χ3n) is 2.84. The number of ether oxygens (including phenoxy) is 2. The largest absolute Gasteiger partial charge is 0.420 e. The van der Waals surface area contributed by atoms with Gasteiger partial charge in [0.2, 0.25) is 0 Å². The average Bonchev–Trinajstić information content (AvgIpc) is 2.36. The van der Waals surface area contributed by atoms with Gasteiger partial charge in [0.25, 0.3) is 5.79 Å². The zero-order valence-corrected chi connectivity index (χ0v) is 12.1. The average molecular weight is 268 g/mol. The van der Waals surface area contributed by atoms with Crippen LogP contribution in [-0.4, -0.2) is 17.7 Å². The Morgan fingerprint density at radius 1 is 1.16 bits per heavy atom. The van der Waals surface area contributed by atoms with Crippen molar-refractivity contribution in [3.8, 4) is 0 Å². The molecule has 0 bridgehead atoms. The topological polar surface area (TPSA) is 52.6 Å². The number of rotatable bonds is 9. The molecule has 0 aliphatic heterocycles. The Morgan fingerprint density at radius 3 is 2.00 bits per heavy atom. The van der Waals surface area contributed by atoms with Gasteiger partial charge < -0.3 is 9.47 Å². The van der Waals surface area contributed by atoms with Crippen molar-refractivity contribution in [2.75, 3.05) is 0 Å². The summed E-state index contributed by atoms with van der Waals surface area (Å²) in [5.41, 5.74) is 0. The second kappa shape index (κ2) is 8.51. The molecule has 0 aliphatic carbocycles. The minimum atomic E-state index is -1.27. The van der Waals surface area contributed by atoms with E-state index in [0.717, 1.165) is 31.4 Å². The molecule has 0 heterocycles. The summed E-state index contributed by atoms with van der Waals surface area (Å²) in [6.07, 6.45) is 5.54. The van der Waals surface area contributed by atoms with Gasteiger partial charge in [-0.3, -0.25) is 0 Å². The molecule has 1 unspecified atom stereocenters. The lowest BCUT2D eigenvalue weighted by Gasteiger charge is -2.29. The van der Waals surface area contributed by atoms with Crippen LogP contribution in [0.4, 0.5) is 0 Å². The molecule has 0 radical (unpaired) electrons. The molecule has 0 amide bonds. The highest BCUT2D eigenvalue weighted by molar-refractivity contribution is 5.83. The van der Waals surface area contributed by atoms with Crippen LogP contribution < -0.4 is 0 Å². The zero-order valence-electron chi connectivity index (χ0n) is 12.1. The Balaban J connectivity index is 4.64. The first-order chi connectivity index (χ1) is 8.86. The quantitative estimate of drug-likeness (QED) is 0.365. The number of esters is 2. The van der Waals surface area contributed by atoms with Crippen molar-refractivity contribution in [1.29, 1.82) is 0 Å². The SMILES string of the molecule is C=CC(=O)OC(C)(CCC(C)CCC)OC(=O)C=C. The summed E-state index contributed by atoms with van der Waals surface area (Å²) >= 11 is 0. The predicted octanol–water partition coefficient (Wildman–Crippen LogP) is 3.38. The fraction of sp³-hybridized carbons (Fsp3) is 0.600. The molecular weight excluding hydrogens is 244 g/mol. The van der Waals surface area contributed by atoms with Crippen LogP contribution in [0.1, 0.15) is 46.5 Å². The van der Waals surface area contributed by atoms with Gasteiger partial charge in [0.05, 0.1) is 0 Å². The Bertz CT molecular complexity index is 311. The number of hydrogen-bond acceptors (Lipinski definition) is 4. The van der Waals surface area contributed by atoms with Gasteiger partial charge in [-0.1, -0.05) is 39.8 Å². The molecule has 0 rings (SSSR count). The summed E-state index contributed by atoms with van der Waals surface area (Å²) in [6.45, 7) is 12.5. The lowest BCUT2D eigenvalue weighted by Crippen LogP contribution is -2.36. The second-order valence-corrected chi connectivity index (χ2v) is 4.82. The van der Waals surface area contributed by atoms with Gasteiger partial charge in [0.15, 0.2) is 0 Å². The minimum Gasteiger partial charge on any atom is -0.420 e. The second-order valence-electron chi connectivity index (χ2n) is 4.82. The highest BCUT2D eigenvalue weighted by atomic mass is 16.7. The first-order valence-corrected chi connectivity index (χ1v) is 6.57. The van der Waals surface area contributed by atoms with E-state index >= 15 is 0 Å². The standard InChI is InChI=1S/C15H24O4/c1-6-9-12(4)10-11-15(5,18-13(16)7-2)19-14(17)8-3/h7-8,12H,2-3,6,9-11H2,1,4-5H3. The fourth-order valence-corrected chi connectivity index (χ4v) is 1.78.